The predicted molar refractivity (Wildman–Crippen MR) is 134 cm³/mol. The molecule has 0 aliphatic carbocycles. The number of anilines is 1. The number of carbonyl (C=O) groups excluding carboxylic acids is 2. The fraction of sp³-hybridized carbons (Fsp3) is 0.241. The van der Waals surface area contributed by atoms with Gasteiger partial charge in [-0.3, -0.25) is 14.5 Å². The average Bonchev–Trinajstić information content (AvgIpc) is 3.13. The van der Waals surface area contributed by atoms with E-state index in [9.17, 15) is 14.7 Å². The lowest BCUT2D eigenvalue weighted by atomic mass is 9.93. The van der Waals surface area contributed by atoms with Crippen molar-refractivity contribution in [1.82, 2.24) is 0 Å². The van der Waals surface area contributed by atoms with E-state index in [1.165, 1.54) is 4.90 Å². The van der Waals surface area contributed by atoms with E-state index in [4.69, 9.17) is 9.47 Å². The Morgan fingerprint density at radius 2 is 1.89 bits per heavy atom. The van der Waals surface area contributed by atoms with Crippen LogP contribution in [0.5, 0.6) is 11.5 Å². The van der Waals surface area contributed by atoms with Gasteiger partial charge in [0.25, 0.3) is 11.7 Å². The minimum atomic E-state index is -0.807. The summed E-state index contributed by atoms with van der Waals surface area (Å²) >= 11 is 0. The number of methoxy groups -OCH3 is 1. The fourth-order valence-corrected chi connectivity index (χ4v) is 4.95. The molecule has 2 heterocycles. The predicted octanol–water partition coefficient (Wildman–Crippen LogP) is 5.26. The van der Waals surface area contributed by atoms with Gasteiger partial charge < -0.3 is 14.6 Å². The van der Waals surface area contributed by atoms with Crippen LogP contribution in [0.2, 0.25) is 0 Å². The summed E-state index contributed by atoms with van der Waals surface area (Å²) in [6.45, 7) is 4.55. The Morgan fingerprint density at radius 3 is 2.66 bits per heavy atom. The topological polar surface area (TPSA) is 76.1 Å². The standard InChI is InChI=1S/C29H27NO5/c1-17-9-11-23(18(2)14-17)30-26(20-6-4-8-22(16-20)34-3)25(28(32)29(30)33)27(31)21-10-12-24-19(15-21)7-5-13-35-24/h4,6,8-12,14-16,26,31H,5,7,13H2,1-3H3/b27-25-. The summed E-state index contributed by atoms with van der Waals surface area (Å²) in [6.07, 6.45) is 1.71. The lowest BCUT2D eigenvalue weighted by Gasteiger charge is -2.27. The fourth-order valence-electron chi connectivity index (χ4n) is 4.95. The smallest absolute Gasteiger partial charge is 0.300 e. The van der Waals surface area contributed by atoms with E-state index in [0.29, 0.717) is 29.2 Å². The van der Waals surface area contributed by atoms with Gasteiger partial charge in [0, 0.05) is 11.3 Å². The van der Waals surface area contributed by atoms with Gasteiger partial charge in [0.2, 0.25) is 0 Å². The molecule has 178 valence electrons. The van der Waals surface area contributed by atoms with Gasteiger partial charge in [-0.15, -0.1) is 0 Å². The van der Waals surface area contributed by atoms with Crippen LogP contribution in [0.4, 0.5) is 5.69 Å². The molecule has 1 saturated heterocycles. The molecule has 3 aromatic carbocycles. The van der Waals surface area contributed by atoms with Crippen LogP contribution in [0.15, 0.2) is 66.2 Å². The number of Topliss-reactive ketones (excluding diaryl/α,β-unsaturated/α-hetero) is 1. The molecule has 1 N–H and O–H groups in total. The SMILES string of the molecule is COc1cccc(C2/C(=C(/O)c3ccc4c(c3)CCCO4)C(=O)C(=O)N2c2ccc(C)cc2C)c1. The number of benzene rings is 3. The highest BCUT2D eigenvalue weighted by Crippen LogP contribution is 2.44. The molecule has 3 aromatic rings. The van der Waals surface area contributed by atoms with Crippen LogP contribution in [0.1, 0.15) is 40.3 Å². The molecule has 6 nitrogen and oxygen atoms in total. The molecule has 5 rings (SSSR count). The summed E-state index contributed by atoms with van der Waals surface area (Å²) in [4.78, 5) is 28.4. The van der Waals surface area contributed by atoms with Crippen LogP contribution in [-0.2, 0) is 16.0 Å². The first-order valence-electron chi connectivity index (χ1n) is 11.7. The summed E-state index contributed by atoms with van der Waals surface area (Å²) in [7, 11) is 1.56. The van der Waals surface area contributed by atoms with E-state index in [2.05, 4.69) is 0 Å². The van der Waals surface area contributed by atoms with Gasteiger partial charge in [0.1, 0.15) is 17.3 Å². The van der Waals surface area contributed by atoms with Crippen LogP contribution in [0.25, 0.3) is 5.76 Å². The molecule has 1 unspecified atom stereocenters. The van der Waals surface area contributed by atoms with Crippen molar-refractivity contribution in [2.24, 2.45) is 0 Å². The summed E-state index contributed by atoms with van der Waals surface area (Å²) in [5.74, 6) is -0.207. The van der Waals surface area contributed by atoms with E-state index in [0.717, 1.165) is 35.3 Å². The number of rotatable bonds is 4. The lowest BCUT2D eigenvalue weighted by molar-refractivity contribution is -0.132. The quantitative estimate of drug-likeness (QED) is 0.320. The summed E-state index contributed by atoms with van der Waals surface area (Å²) < 4.78 is 11.1. The Hall–Kier alpha value is -4.06. The summed E-state index contributed by atoms with van der Waals surface area (Å²) in [5.41, 5.74) is 4.74. The molecular formula is C29H27NO5. The Labute approximate surface area is 204 Å². The zero-order valence-corrected chi connectivity index (χ0v) is 20.0. The van der Waals surface area contributed by atoms with Crippen LogP contribution >= 0.6 is 0 Å². The van der Waals surface area contributed by atoms with Crippen molar-refractivity contribution < 1.29 is 24.2 Å². The van der Waals surface area contributed by atoms with Crippen LogP contribution in [0, 0.1) is 13.8 Å². The number of hydrogen-bond donors (Lipinski definition) is 1. The first-order valence-corrected chi connectivity index (χ1v) is 11.7. The molecule has 2 aliphatic heterocycles. The first kappa shape index (κ1) is 22.7. The van der Waals surface area contributed by atoms with E-state index >= 15 is 0 Å². The minimum absolute atomic E-state index is 0.0555. The van der Waals surface area contributed by atoms with Gasteiger partial charge in [-0.05, 0) is 79.8 Å². The van der Waals surface area contributed by atoms with E-state index in [1.807, 2.05) is 56.3 Å². The second-order valence-corrected chi connectivity index (χ2v) is 9.01. The molecule has 0 saturated carbocycles. The number of hydrogen-bond acceptors (Lipinski definition) is 5. The van der Waals surface area contributed by atoms with E-state index < -0.39 is 17.7 Å². The number of nitrogens with zero attached hydrogens (tertiary/aromatic N) is 1. The van der Waals surface area contributed by atoms with Crippen LogP contribution in [-0.4, -0.2) is 30.5 Å². The van der Waals surface area contributed by atoms with Gasteiger partial charge in [-0.25, -0.2) is 0 Å². The zero-order chi connectivity index (χ0) is 24.7. The largest absolute Gasteiger partial charge is 0.507 e. The Balaban J connectivity index is 1.72. The molecule has 0 radical (unpaired) electrons. The maximum Gasteiger partial charge on any atom is 0.300 e. The normalized spacial score (nSPS) is 18.8. The second kappa shape index (κ2) is 8.95. The molecule has 0 aromatic heterocycles. The van der Waals surface area contributed by atoms with Gasteiger partial charge in [-0.1, -0.05) is 29.8 Å². The van der Waals surface area contributed by atoms with Crippen molar-refractivity contribution in [3.63, 3.8) is 0 Å². The average molecular weight is 470 g/mol. The molecule has 35 heavy (non-hydrogen) atoms. The van der Waals surface area contributed by atoms with E-state index in [-0.39, 0.29) is 11.3 Å². The van der Waals surface area contributed by atoms with Crippen LogP contribution < -0.4 is 14.4 Å². The van der Waals surface area contributed by atoms with Crippen molar-refractivity contribution >= 4 is 23.1 Å². The van der Waals surface area contributed by atoms with Crippen molar-refractivity contribution in [3.05, 3.63) is 94.1 Å². The molecule has 6 heteroatoms. The highest BCUT2D eigenvalue weighted by Gasteiger charge is 2.47. The third-order valence-electron chi connectivity index (χ3n) is 6.65. The number of aliphatic hydroxyl groups excluding tert-OH is 1. The minimum Gasteiger partial charge on any atom is -0.507 e. The molecular weight excluding hydrogens is 442 g/mol. The molecule has 1 amide bonds. The van der Waals surface area contributed by atoms with Gasteiger partial charge in [-0.2, -0.15) is 0 Å². The molecule has 1 atom stereocenters. The number of aliphatic hydroxyl groups is 1. The maximum atomic E-state index is 13.4. The Morgan fingerprint density at radius 1 is 1.06 bits per heavy atom. The molecule has 1 fully saturated rings. The van der Waals surface area contributed by atoms with Crippen molar-refractivity contribution in [2.75, 3.05) is 18.6 Å². The van der Waals surface area contributed by atoms with Crippen molar-refractivity contribution in [3.8, 4) is 11.5 Å². The third-order valence-corrected chi connectivity index (χ3v) is 6.65. The highest BCUT2D eigenvalue weighted by molar-refractivity contribution is 6.51. The molecule has 0 bridgehead atoms. The second-order valence-electron chi connectivity index (χ2n) is 9.01. The summed E-state index contributed by atoms with van der Waals surface area (Å²) in [6, 6.07) is 17.5. The molecule has 2 aliphatic rings. The summed E-state index contributed by atoms with van der Waals surface area (Å²) in [5, 5.41) is 11.5. The van der Waals surface area contributed by atoms with Gasteiger partial charge in [0.15, 0.2) is 0 Å². The van der Waals surface area contributed by atoms with Crippen LogP contribution in [0.3, 0.4) is 0 Å². The highest BCUT2D eigenvalue weighted by atomic mass is 16.5. The number of fused-ring (bicyclic) bond motifs is 1. The number of ether oxygens (including phenoxy) is 2. The zero-order valence-electron chi connectivity index (χ0n) is 20.0. The number of carbonyl (C=O) groups is 2. The monoisotopic (exact) mass is 469 g/mol. The molecule has 0 spiro atoms. The Bertz CT molecular complexity index is 1370. The first-order chi connectivity index (χ1) is 16.9. The van der Waals surface area contributed by atoms with Crippen molar-refractivity contribution in [1.29, 1.82) is 0 Å². The van der Waals surface area contributed by atoms with Gasteiger partial charge in [0.05, 0.1) is 25.3 Å². The lowest BCUT2D eigenvalue weighted by Crippen LogP contribution is -2.30. The number of aryl methyl sites for hydroxylation is 3. The third kappa shape index (κ3) is 3.95. The van der Waals surface area contributed by atoms with Crippen molar-refractivity contribution in [2.45, 2.75) is 32.7 Å². The number of ketones is 1. The number of amides is 1. The maximum absolute atomic E-state index is 13.4. The van der Waals surface area contributed by atoms with Gasteiger partial charge >= 0.3 is 0 Å². The van der Waals surface area contributed by atoms with E-state index in [1.54, 1.807) is 25.3 Å². The Kier molecular flexibility index (Phi) is 5.81.